The number of nitrogens with zero attached hydrogens (tertiary/aromatic N) is 2. The third-order valence-electron chi connectivity index (χ3n) is 4.14. The number of para-hydroxylation sites is 2. The molecule has 1 atom stereocenters. The van der Waals surface area contributed by atoms with Gasteiger partial charge in [0.2, 0.25) is 5.95 Å². The number of hydrogen-bond acceptors (Lipinski definition) is 5. The molecule has 24 heavy (non-hydrogen) atoms. The SMILES string of the molecule is CCOC(=O)C1=C(C)Nc2nc3ccccc3n2C1c1ccco1. The van der Waals surface area contributed by atoms with Crippen molar-refractivity contribution in [1.82, 2.24) is 9.55 Å². The van der Waals surface area contributed by atoms with Crippen LogP contribution in [-0.4, -0.2) is 22.1 Å². The van der Waals surface area contributed by atoms with Crippen molar-refractivity contribution in [3.63, 3.8) is 0 Å². The minimum absolute atomic E-state index is 0.317. The van der Waals surface area contributed by atoms with Gasteiger partial charge in [0.05, 0.1) is 29.5 Å². The molecular weight excluding hydrogens is 306 g/mol. The first-order valence-electron chi connectivity index (χ1n) is 7.86. The first kappa shape index (κ1) is 14.6. The first-order chi connectivity index (χ1) is 11.7. The summed E-state index contributed by atoms with van der Waals surface area (Å²) in [6.45, 7) is 3.97. The highest BCUT2D eigenvalue weighted by atomic mass is 16.5. The Morgan fingerprint density at radius 3 is 2.92 bits per heavy atom. The van der Waals surface area contributed by atoms with Crippen LogP contribution in [0.25, 0.3) is 11.0 Å². The summed E-state index contributed by atoms with van der Waals surface area (Å²) in [5.41, 5.74) is 3.03. The normalized spacial score (nSPS) is 16.8. The third kappa shape index (κ3) is 2.11. The molecule has 4 rings (SSSR count). The van der Waals surface area contributed by atoms with Gasteiger partial charge >= 0.3 is 5.97 Å². The van der Waals surface area contributed by atoms with Crippen LogP contribution in [0.3, 0.4) is 0 Å². The second-order valence-corrected chi connectivity index (χ2v) is 5.60. The zero-order valence-corrected chi connectivity index (χ0v) is 13.4. The zero-order valence-electron chi connectivity index (χ0n) is 13.4. The fourth-order valence-corrected chi connectivity index (χ4v) is 3.15. The van der Waals surface area contributed by atoms with Crippen LogP contribution in [0.5, 0.6) is 0 Å². The van der Waals surface area contributed by atoms with Crippen molar-refractivity contribution >= 4 is 23.0 Å². The van der Waals surface area contributed by atoms with Crippen molar-refractivity contribution in [2.24, 2.45) is 0 Å². The Labute approximate surface area is 138 Å². The number of carbonyl (C=O) groups excluding carboxylic acids is 1. The topological polar surface area (TPSA) is 69.3 Å². The van der Waals surface area contributed by atoms with Gasteiger partial charge in [-0.2, -0.15) is 0 Å². The van der Waals surface area contributed by atoms with E-state index in [1.165, 1.54) is 0 Å². The molecule has 1 aliphatic heterocycles. The summed E-state index contributed by atoms with van der Waals surface area (Å²) in [7, 11) is 0. The number of nitrogens with one attached hydrogen (secondary N) is 1. The fraction of sp³-hybridized carbons (Fsp3) is 0.222. The molecular formula is C18H17N3O3. The molecule has 122 valence electrons. The highest BCUT2D eigenvalue weighted by Crippen LogP contribution is 2.39. The van der Waals surface area contributed by atoms with Crippen LogP contribution in [-0.2, 0) is 9.53 Å². The quantitative estimate of drug-likeness (QED) is 0.747. The molecule has 1 unspecified atom stereocenters. The number of hydrogen-bond donors (Lipinski definition) is 1. The molecule has 2 aromatic heterocycles. The molecule has 0 aliphatic carbocycles. The highest BCUT2D eigenvalue weighted by Gasteiger charge is 2.36. The average molecular weight is 323 g/mol. The van der Waals surface area contributed by atoms with Gasteiger partial charge in [-0.15, -0.1) is 0 Å². The third-order valence-corrected chi connectivity index (χ3v) is 4.14. The lowest BCUT2D eigenvalue weighted by Crippen LogP contribution is -2.28. The Balaban J connectivity index is 1.97. The van der Waals surface area contributed by atoms with E-state index >= 15 is 0 Å². The van der Waals surface area contributed by atoms with Gasteiger partial charge in [0.1, 0.15) is 11.8 Å². The Bertz CT molecular complexity index is 938. The molecule has 0 bridgehead atoms. The maximum atomic E-state index is 12.6. The molecule has 0 spiro atoms. The number of imidazole rings is 1. The summed E-state index contributed by atoms with van der Waals surface area (Å²) < 4.78 is 12.9. The number of fused-ring (bicyclic) bond motifs is 3. The minimum Gasteiger partial charge on any atom is -0.467 e. The lowest BCUT2D eigenvalue weighted by Gasteiger charge is -2.28. The number of carbonyl (C=O) groups is 1. The van der Waals surface area contributed by atoms with Crippen LogP contribution in [0, 0.1) is 0 Å². The number of aromatic nitrogens is 2. The van der Waals surface area contributed by atoms with Gasteiger partial charge in [-0.3, -0.25) is 4.57 Å². The molecule has 3 aromatic rings. The molecule has 1 aromatic carbocycles. The average Bonchev–Trinajstić information content (AvgIpc) is 3.21. The molecule has 0 amide bonds. The Kier molecular flexibility index (Phi) is 3.37. The number of rotatable bonds is 3. The maximum absolute atomic E-state index is 12.6. The summed E-state index contributed by atoms with van der Waals surface area (Å²) in [5, 5.41) is 3.22. The number of anilines is 1. The van der Waals surface area contributed by atoms with E-state index < -0.39 is 6.04 Å². The number of esters is 1. The number of furan rings is 1. The molecule has 6 heteroatoms. The van der Waals surface area contributed by atoms with Crippen molar-refractivity contribution in [2.45, 2.75) is 19.9 Å². The number of benzene rings is 1. The summed E-state index contributed by atoms with van der Waals surface area (Å²) in [6.07, 6.45) is 1.61. The number of allylic oxidation sites excluding steroid dienone is 1. The molecule has 0 fully saturated rings. The highest BCUT2D eigenvalue weighted by molar-refractivity contribution is 5.93. The van der Waals surface area contributed by atoms with Gasteiger partial charge in [0.15, 0.2) is 0 Å². The van der Waals surface area contributed by atoms with Gasteiger partial charge in [0, 0.05) is 5.70 Å². The lowest BCUT2D eigenvalue weighted by molar-refractivity contribution is -0.139. The predicted molar refractivity (Wildman–Crippen MR) is 89.5 cm³/mol. The summed E-state index contributed by atoms with van der Waals surface area (Å²) in [4.78, 5) is 17.2. The molecule has 1 aliphatic rings. The van der Waals surface area contributed by atoms with E-state index in [0.29, 0.717) is 23.9 Å². The number of ether oxygens (including phenoxy) is 1. The van der Waals surface area contributed by atoms with Crippen LogP contribution in [0.15, 0.2) is 58.3 Å². The second-order valence-electron chi connectivity index (χ2n) is 5.60. The van der Waals surface area contributed by atoms with E-state index in [1.807, 2.05) is 47.9 Å². The van der Waals surface area contributed by atoms with Crippen LogP contribution < -0.4 is 5.32 Å². The Morgan fingerprint density at radius 1 is 1.33 bits per heavy atom. The largest absolute Gasteiger partial charge is 0.467 e. The van der Waals surface area contributed by atoms with Crippen molar-refractivity contribution in [2.75, 3.05) is 11.9 Å². The van der Waals surface area contributed by atoms with Gasteiger partial charge in [-0.1, -0.05) is 12.1 Å². The Hall–Kier alpha value is -3.02. The summed E-state index contributed by atoms with van der Waals surface area (Å²) in [5.74, 6) is 0.999. The molecule has 3 heterocycles. The van der Waals surface area contributed by atoms with Gasteiger partial charge in [-0.05, 0) is 38.1 Å². The van der Waals surface area contributed by atoms with Crippen molar-refractivity contribution < 1.29 is 13.9 Å². The first-order valence-corrected chi connectivity index (χ1v) is 7.86. The van der Waals surface area contributed by atoms with Crippen LogP contribution in [0.1, 0.15) is 25.6 Å². The molecule has 0 saturated carbocycles. The fourth-order valence-electron chi connectivity index (χ4n) is 3.15. The van der Waals surface area contributed by atoms with Crippen LogP contribution >= 0.6 is 0 Å². The van der Waals surface area contributed by atoms with E-state index in [4.69, 9.17) is 9.15 Å². The van der Waals surface area contributed by atoms with Crippen molar-refractivity contribution in [3.05, 3.63) is 59.7 Å². The molecule has 6 nitrogen and oxygen atoms in total. The van der Waals surface area contributed by atoms with Gasteiger partial charge < -0.3 is 14.5 Å². The van der Waals surface area contributed by atoms with Crippen molar-refractivity contribution in [3.8, 4) is 0 Å². The molecule has 0 saturated heterocycles. The van der Waals surface area contributed by atoms with E-state index in [9.17, 15) is 4.79 Å². The molecule has 1 N–H and O–H groups in total. The summed E-state index contributed by atoms with van der Waals surface area (Å²) in [6, 6.07) is 11.1. The minimum atomic E-state index is -0.414. The van der Waals surface area contributed by atoms with E-state index in [-0.39, 0.29) is 5.97 Å². The molecule has 0 radical (unpaired) electrons. The van der Waals surface area contributed by atoms with E-state index in [1.54, 1.807) is 13.2 Å². The van der Waals surface area contributed by atoms with Crippen LogP contribution in [0.4, 0.5) is 5.95 Å². The smallest absolute Gasteiger partial charge is 0.338 e. The zero-order chi connectivity index (χ0) is 16.7. The van der Waals surface area contributed by atoms with E-state index in [2.05, 4.69) is 10.3 Å². The van der Waals surface area contributed by atoms with Crippen molar-refractivity contribution in [1.29, 1.82) is 0 Å². The second kappa shape index (κ2) is 5.56. The lowest BCUT2D eigenvalue weighted by atomic mass is 10.0. The predicted octanol–water partition coefficient (Wildman–Crippen LogP) is 3.48. The van der Waals surface area contributed by atoms with Crippen LogP contribution in [0.2, 0.25) is 0 Å². The van der Waals surface area contributed by atoms with Gasteiger partial charge in [-0.25, -0.2) is 9.78 Å². The Morgan fingerprint density at radius 2 is 2.17 bits per heavy atom. The van der Waals surface area contributed by atoms with Gasteiger partial charge in [0.25, 0.3) is 0 Å². The maximum Gasteiger partial charge on any atom is 0.338 e. The standard InChI is InChI=1S/C18H17N3O3/c1-3-23-17(22)15-11(2)19-18-20-12-7-4-5-8-13(12)21(18)16(15)14-9-6-10-24-14/h4-10,16H,3H2,1-2H3,(H,19,20). The van der Waals surface area contributed by atoms with E-state index in [0.717, 1.165) is 16.7 Å². The summed E-state index contributed by atoms with van der Waals surface area (Å²) >= 11 is 0. The monoisotopic (exact) mass is 323 g/mol.